The summed E-state index contributed by atoms with van der Waals surface area (Å²) in [4.78, 5) is 0. The molecule has 0 saturated carbocycles. The summed E-state index contributed by atoms with van der Waals surface area (Å²) < 4.78 is 0. The van der Waals surface area contributed by atoms with Gasteiger partial charge in [0.15, 0.2) is 0 Å². The Balaban J connectivity index is 3.41. The van der Waals surface area contributed by atoms with Gasteiger partial charge in [0.2, 0.25) is 0 Å². The Morgan fingerprint density at radius 3 is 1.77 bits per heavy atom. The number of hydrogen-bond acceptors (Lipinski definition) is 0. The van der Waals surface area contributed by atoms with Crippen molar-refractivity contribution in [2.75, 3.05) is 18.5 Å². The lowest BCUT2D eigenvalue weighted by Crippen LogP contribution is -1.94. The van der Waals surface area contributed by atoms with Crippen molar-refractivity contribution in [3.8, 4) is 0 Å². The number of rotatable bonds is 9. The molecular weight excluding hydrogens is 175 g/mol. The smallest absolute Gasteiger partial charge is 0.0326 e. The van der Waals surface area contributed by atoms with Gasteiger partial charge in [-0.2, -0.15) is 0 Å². The van der Waals surface area contributed by atoms with Crippen LogP contribution >= 0.6 is 7.92 Å². The molecule has 0 aromatic rings. The van der Waals surface area contributed by atoms with E-state index in [0.717, 1.165) is 0 Å². The molecule has 0 radical (unpaired) electrons. The van der Waals surface area contributed by atoms with Gasteiger partial charge in [0, 0.05) is 0 Å². The van der Waals surface area contributed by atoms with E-state index in [1.54, 1.807) is 12.3 Å². The summed E-state index contributed by atoms with van der Waals surface area (Å²) in [6, 6.07) is 0. The molecule has 1 atom stereocenters. The van der Waals surface area contributed by atoms with Gasteiger partial charge in [0.05, 0.1) is 0 Å². The van der Waals surface area contributed by atoms with Crippen molar-refractivity contribution in [2.45, 2.75) is 59.3 Å². The standard InChI is InChI=1S/C12H27P/c1-4-7-9-12-13(10-6-3)11-8-5-2/h4-12H2,1-3H3. The SMILES string of the molecule is CCCCCP(CCC)CCCC. The number of hydrogen-bond donors (Lipinski definition) is 0. The maximum atomic E-state index is 2.33. The molecular formula is C12H27P. The molecule has 0 nitrogen and oxygen atoms in total. The van der Waals surface area contributed by atoms with Crippen molar-refractivity contribution in [2.24, 2.45) is 0 Å². The van der Waals surface area contributed by atoms with Crippen LogP contribution in [0.2, 0.25) is 0 Å². The quantitative estimate of drug-likeness (QED) is 0.369. The van der Waals surface area contributed by atoms with E-state index in [2.05, 4.69) is 20.8 Å². The molecule has 1 unspecified atom stereocenters. The monoisotopic (exact) mass is 202 g/mol. The Morgan fingerprint density at radius 2 is 1.23 bits per heavy atom. The second kappa shape index (κ2) is 10.5. The molecule has 0 spiro atoms. The zero-order valence-corrected chi connectivity index (χ0v) is 10.7. The molecule has 0 saturated heterocycles. The zero-order chi connectivity index (χ0) is 9.94. The average Bonchev–Trinajstić information content (AvgIpc) is 2.14. The molecule has 0 aromatic carbocycles. The van der Waals surface area contributed by atoms with Crippen LogP contribution in [-0.4, -0.2) is 18.5 Å². The molecule has 0 aromatic heterocycles. The second-order valence-corrected chi connectivity index (χ2v) is 6.59. The van der Waals surface area contributed by atoms with E-state index < -0.39 is 0 Å². The predicted molar refractivity (Wildman–Crippen MR) is 66.2 cm³/mol. The van der Waals surface area contributed by atoms with E-state index in [-0.39, 0.29) is 0 Å². The van der Waals surface area contributed by atoms with E-state index in [1.807, 2.05) is 0 Å². The van der Waals surface area contributed by atoms with Crippen molar-refractivity contribution < 1.29 is 0 Å². The lowest BCUT2D eigenvalue weighted by Gasteiger charge is -2.16. The molecule has 0 aliphatic carbocycles. The summed E-state index contributed by atoms with van der Waals surface area (Å²) in [5.74, 6) is 0. The highest BCUT2D eigenvalue weighted by Crippen LogP contribution is 2.38. The molecule has 13 heavy (non-hydrogen) atoms. The van der Waals surface area contributed by atoms with E-state index in [9.17, 15) is 0 Å². The third-order valence-corrected chi connectivity index (χ3v) is 5.42. The van der Waals surface area contributed by atoms with Gasteiger partial charge in [-0.1, -0.05) is 46.5 Å². The van der Waals surface area contributed by atoms with Gasteiger partial charge in [-0.15, -0.1) is 7.92 Å². The molecule has 0 fully saturated rings. The summed E-state index contributed by atoms with van der Waals surface area (Å²) in [5, 5.41) is 0. The van der Waals surface area contributed by atoms with E-state index in [1.165, 1.54) is 44.7 Å². The van der Waals surface area contributed by atoms with Gasteiger partial charge in [-0.25, -0.2) is 0 Å². The highest BCUT2D eigenvalue weighted by molar-refractivity contribution is 7.57. The third kappa shape index (κ3) is 8.75. The Hall–Kier alpha value is 0.430. The van der Waals surface area contributed by atoms with Crippen LogP contribution in [0.5, 0.6) is 0 Å². The van der Waals surface area contributed by atoms with Crippen LogP contribution in [-0.2, 0) is 0 Å². The Morgan fingerprint density at radius 1 is 0.615 bits per heavy atom. The fourth-order valence-corrected chi connectivity index (χ4v) is 4.36. The minimum Gasteiger partial charge on any atom is -0.107 e. The first-order valence-electron chi connectivity index (χ1n) is 6.07. The number of unbranched alkanes of at least 4 members (excludes halogenated alkanes) is 3. The fourth-order valence-electron chi connectivity index (χ4n) is 1.62. The summed E-state index contributed by atoms with van der Waals surface area (Å²) in [6.45, 7) is 6.95. The van der Waals surface area contributed by atoms with Gasteiger partial charge in [-0.3, -0.25) is 0 Å². The first kappa shape index (κ1) is 13.4. The Bertz CT molecular complexity index is 91.1. The molecule has 0 amide bonds. The minimum absolute atomic E-state index is 0.422. The summed E-state index contributed by atoms with van der Waals surface area (Å²) in [5.41, 5.74) is 0. The largest absolute Gasteiger partial charge is 0.107 e. The zero-order valence-electron chi connectivity index (χ0n) is 9.81. The van der Waals surface area contributed by atoms with E-state index >= 15 is 0 Å². The predicted octanol–water partition coefficient (Wildman–Crippen LogP) is 4.87. The normalized spacial score (nSPS) is 13.2. The van der Waals surface area contributed by atoms with Crippen molar-refractivity contribution >= 4 is 7.92 Å². The highest BCUT2D eigenvalue weighted by Gasteiger charge is 2.04. The minimum atomic E-state index is 0.422. The van der Waals surface area contributed by atoms with Crippen LogP contribution in [0.4, 0.5) is 0 Å². The van der Waals surface area contributed by atoms with Crippen molar-refractivity contribution in [3.63, 3.8) is 0 Å². The molecule has 0 aliphatic rings. The maximum absolute atomic E-state index is 2.33. The van der Waals surface area contributed by atoms with Crippen LogP contribution in [0.25, 0.3) is 0 Å². The van der Waals surface area contributed by atoms with Gasteiger partial charge in [-0.05, 0) is 31.3 Å². The van der Waals surface area contributed by atoms with Crippen LogP contribution < -0.4 is 0 Å². The highest BCUT2D eigenvalue weighted by atomic mass is 31.1. The third-order valence-electron chi connectivity index (χ3n) is 2.45. The molecule has 0 N–H and O–H groups in total. The summed E-state index contributed by atoms with van der Waals surface area (Å²) in [7, 11) is 0.422. The Labute approximate surface area is 86.3 Å². The molecule has 0 heterocycles. The topological polar surface area (TPSA) is 0 Å². The molecule has 0 rings (SSSR count). The lowest BCUT2D eigenvalue weighted by atomic mass is 10.3. The van der Waals surface area contributed by atoms with Gasteiger partial charge < -0.3 is 0 Å². The first-order chi connectivity index (χ1) is 6.35. The van der Waals surface area contributed by atoms with E-state index in [4.69, 9.17) is 0 Å². The van der Waals surface area contributed by atoms with Crippen molar-refractivity contribution in [3.05, 3.63) is 0 Å². The van der Waals surface area contributed by atoms with Gasteiger partial charge in [0.25, 0.3) is 0 Å². The van der Waals surface area contributed by atoms with Gasteiger partial charge >= 0.3 is 0 Å². The van der Waals surface area contributed by atoms with Crippen LogP contribution in [0, 0.1) is 0 Å². The summed E-state index contributed by atoms with van der Waals surface area (Å²) in [6.07, 6.45) is 13.2. The molecule has 0 bridgehead atoms. The second-order valence-electron chi connectivity index (χ2n) is 3.90. The van der Waals surface area contributed by atoms with Crippen LogP contribution in [0.1, 0.15) is 59.3 Å². The van der Waals surface area contributed by atoms with Gasteiger partial charge in [0.1, 0.15) is 0 Å². The van der Waals surface area contributed by atoms with E-state index in [0.29, 0.717) is 7.92 Å². The molecule has 0 aliphatic heterocycles. The van der Waals surface area contributed by atoms with Crippen molar-refractivity contribution in [1.29, 1.82) is 0 Å². The lowest BCUT2D eigenvalue weighted by molar-refractivity contribution is 0.772. The van der Waals surface area contributed by atoms with Crippen molar-refractivity contribution in [1.82, 2.24) is 0 Å². The Kier molecular flexibility index (Phi) is 10.9. The fraction of sp³-hybridized carbons (Fsp3) is 1.00. The summed E-state index contributed by atoms with van der Waals surface area (Å²) >= 11 is 0. The molecule has 80 valence electrons. The average molecular weight is 202 g/mol. The van der Waals surface area contributed by atoms with Crippen LogP contribution in [0.3, 0.4) is 0 Å². The maximum Gasteiger partial charge on any atom is -0.0326 e. The van der Waals surface area contributed by atoms with Crippen LogP contribution in [0.15, 0.2) is 0 Å². The molecule has 1 heteroatoms. The first-order valence-corrected chi connectivity index (χ1v) is 7.97.